The third-order valence-corrected chi connectivity index (χ3v) is 10.1. The van der Waals surface area contributed by atoms with Crippen LogP contribution in [0.2, 0.25) is 0 Å². The lowest BCUT2D eigenvalue weighted by molar-refractivity contribution is 0.434. The lowest BCUT2D eigenvalue weighted by Crippen LogP contribution is -2.35. The summed E-state index contributed by atoms with van der Waals surface area (Å²) in [5.41, 5.74) is 12.5. The van der Waals surface area contributed by atoms with E-state index in [0.29, 0.717) is 5.82 Å². The third kappa shape index (κ3) is 4.78. The average molecular weight is 667 g/mol. The molecule has 1 spiro atoms. The van der Waals surface area contributed by atoms with Crippen molar-refractivity contribution in [1.82, 2.24) is 19.9 Å². The third-order valence-electron chi connectivity index (χ3n) is 10.1. The summed E-state index contributed by atoms with van der Waals surface area (Å²) in [7, 11) is 0. The van der Waals surface area contributed by atoms with E-state index in [9.17, 15) is 0 Å². The first-order valence-electron chi connectivity index (χ1n) is 17.4. The number of rotatable bonds is 4. The molecule has 0 N–H and O–H groups in total. The summed E-state index contributed by atoms with van der Waals surface area (Å²) in [5, 5.41) is 0. The summed E-state index contributed by atoms with van der Waals surface area (Å²) in [5.74, 6) is 2.34. The van der Waals surface area contributed by atoms with Crippen LogP contribution in [0, 0.1) is 0 Å². The van der Waals surface area contributed by atoms with Gasteiger partial charge in [0.05, 0.1) is 22.5 Å². The minimum atomic E-state index is -0.664. The van der Waals surface area contributed by atoms with E-state index in [4.69, 9.17) is 19.7 Å². The molecule has 0 atom stereocenters. The highest BCUT2D eigenvalue weighted by Gasteiger charge is 2.47. The molecule has 4 heterocycles. The molecule has 0 fully saturated rings. The van der Waals surface area contributed by atoms with Gasteiger partial charge in [0.25, 0.3) is 0 Å². The zero-order chi connectivity index (χ0) is 34.5. The summed E-state index contributed by atoms with van der Waals surface area (Å²) in [4.78, 5) is 19.5. The Morgan fingerprint density at radius 2 is 1.04 bits per heavy atom. The van der Waals surface area contributed by atoms with Gasteiger partial charge in [-0.2, -0.15) is 0 Å². The van der Waals surface area contributed by atoms with E-state index in [1.54, 1.807) is 6.20 Å². The van der Waals surface area contributed by atoms with Crippen molar-refractivity contribution < 1.29 is 4.74 Å². The summed E-state index contributed by atoms with van der Waals surface area (Å²) < 4.78 is 6.60. The summed E-state index contributed by atoms with van der Waals surface area (Å²) in [6.07, 6.45) is 9.94. The highest BCUT2D eigenvalue weighted by atomic mass is 16.5. The fourth-order valence-corrected chi connectivity index (χ4v) is 7.76. The molecular weight excluding hydrogens is 637 g/mol. The largest absolute Gasteiger partial charge is 0.457 e. The standard InChI is InChI=1S/C47H30N4O/c1-2-12-33(13-3-1)42-28-43(36-24-25-41(49-30-36)35-14-10-26-48-29-35)51-46(50-42)34-23-22-32-21-20-31-11-4-5-15-37(31)47(40(32)27-34)38-16-6-8-18-44(38)52-45-19-9-7-17-39(45)47/h1-30H. The van der Waals surface area contributed by atoms with Crippen molar-refractivity contribution in [1.29, 1.82) is 0 Å². The number of hydrogen-bond donors (Lipinski definition) is 0. The van der Waals surface area contributed by atoms with Crippen LogP contribution in [0.1, 0.15) is 33.4 Å². The lowest BCUT2D eigenvalue weighted by Gasteiger charge is -2.42. The Balaban J connectivity index is 1.21. The molecule has 5 heteroatoms. The molecule has 0 amide bonds. The maximum absolute atomic E-state index is 6.60. The molecule has 0 saturated heterocycles. The molecule has 0 bridgehead atoms. The van der Waals surface area contributed by atoms with Gasteiger partial charge in [-0.25, -0.2) is 9.97 Å². The number of aromatic nitrogens is 4. The first kappa shape index (κ1) is 29.9. The second-order valence-corrected chi connectivity index (χ2v) is 13.1. The van der Waals surface area contributed by atoms with Gasteiger partial charge in [-0.3, -0.25) is 9.97 Å². The number of fused-ring (bicyclic) bond motifs is 8. The van der Waals surface area contributed by atoms with E-state index in [2.05, 4.69) is 120 Å². The highest BCUT2D eigenvalue weighted by Crippen LogP contribution is 2.57. The van der Waals surface area contributed by atoms with Crippen LogP contribution >= 0.6 is 0 Å². The summed E-state index contributed by atoms with van der Waals surface area (Å²) in [6.45, 7) is 0. The fourth-order valence-electron chi connectivity index (χ4n) is 7.76. The Morgan fingerprint density at radius 1 is 0.423 bits per heavy atom. The van der Waals surface area contributed by atoms with Crippen molar-refractivity contribution in [3.63, 3.8) is 0 Å². The molecule has 0 unspecified atom stereocenters. The Bertz CT molecular complexity index is 2610. The number of pyridine rings is 2. The smallest absolute Gasteiger partial charge is 0.160 e. The monoisotopic (exact) mass is 666 g/mol. The van der Waals surface area contributed by atoms with Crippen LogP contribution in [0.3, 0.4) is 0 Å². The Morgan fingerprint density at radius 3 is 1.75 bits per heavy atom. The molecule has 1 aliphatic heterocycles. The number of nitrogens with zero attached hydrogens (tertiary/aromatic N) is 4. The quantitative estimate of drug-likeness (QED) is 0.187. The van der Waals surface area contributed by atoms with E-state index in [0.717, 1.165) is 73.1 Å². The minimum absolute atomic E-state index is 0.640. The lowest BCUT2D eigenvalue weighted by atomic mass is 9.62. The van der Waals surface area contributed by atoms with Gasteiger partial charge in [0, 0.05) is 52.0 Å². The van der Waals surface area contributed by atoms with E-state index in [1.165, 1.54) is 11.1 Å². The first-order valence-corrected chi connectivity index (χ1v) is 17.4. The predicted molar refractivity (Wildman–Crippen MR) is 207 cm³/mol. The van der Waals surface area contributed by atoms with Crippen LogP contribution in [0.4, 0.5) is 0 Å². The van der Waals surface area contributed by atoms with Crippen LogP contribution in [0.15, 0.2) is 170 Å². The average Bonchev–Trinajstić information content (AvgIpc) is 3.36. The molecule has 5 aromatic carbocycles. The van der Waals surface area contributed by atoms with Crippen LogP contribution < -0.4 is 4.74 Å². The number of benzene rings is 5. The summed E-state index contributed by atoms with van der Waals surface area (Å²) in [6, 6.07) is 52.5. The molecule has 2 aliphatic rings. The van der Waals surface area contributed by atoms with E-state index in [-0.39, 0.29) is 0 Å². The zero-order valence-electron chi connectivity index (χ0n) is 28.0. The Labute approximate surface area is 301 Å². The minimum Gasteiger partial charge on any atom is -0.457 e. The predicted octanol–water partition coefficient (Wildman–Crippen LogP) is 10.9. The maximum Gasteiger partial charge on any atom is 0.160 e. The topological polar surface area (TPSA) is 60.8 Å². The molecule has 8 aromatic rings. The number of para-hydroxylation sites is 2. The first-order chi connectivity index (χ1) is 25.8. The second-order valence-electron chi connectivity index (χ2n) is 13.1. The van der Waals surface area contributed by atoms with Gasteiger partial charge in [0.15, 0.2) is 5.82 Å². The number of hydrogen-bond acceptors (Lipinski definition) is 5. The van der Waals surface area contributed by atoms with Crippen LogP contribution in [0.5, 0.6) is 11.5 Å². The van der Waals surface area contributed by atoms with Gasteiger partial charge >= 0.3 is 0 Å². The molecule has 0 saturated carbocycles. The Kier molecular flexibility index (Phi) is 6.96. The van der Waals surface area contributed by atoms with E-state index in [1.807, 2.05) is 60.9 Å². The zero-order valence-corrected chi connectivity index (χ0v) is 28.0. The van der Waals surface area contributed by atoms with E-state index < -0.39 is 5.41 Å². The molecule has 244 valence electrons. The molecular formula is C47H30N4O. The van der Waals surface area contributed by atoms with Gasteiger partial charge < -0.3 is 4.74 Å². The van der Waals surface area contributed by atoms with Crippen LogP contribution in [-0.4, -0.2) is 19.9 Å². The highest BCUT2D eigenvalue weighted by molar-refractivity contribution is 5.85. The van der Waals surface area contributed by atoms with Crippen molar-refractivity contribution in [2.75, 3.05) is 0 Å². The van der Waals surface area contributed by atoms with Crippen molar-refractivity contribution in [2.24, 2.45) is 0 Å². The van der Waals surface area contributed by atoms with Crippen LogP contribution in [-0.2, 0) is 5.41 Å². The Hall–Kier alpha value is -6.98. The van der Waals surface area contributed by atoms with Crippen molar-refractivity contribution >= 4 is 12.2 Å². The van der Waals surface area contributed by atoms with Gasteiger partial charge in [-0.15, -0.1) is 0 Å². The van der Waals surface area contributed by atoms with Crippen molar-refractivity contribution in [3.05, 3.63) is 204 Å². The van der Waals surface area contributed by atoms with Crippen molar-refractivity contribution in [2.45, 2.75) is 5.41 Å². The normalized spacial score (nSPS) is 13.2. The maximum atomic E-state index is 6.60. The molecule has 52 heavy (non-hydrogen) atoms. The molecule has 0 radical (unpaired) electrons. The summed E-state index contributed by atoms with van der Waals surface area (Å²) >= 11 is 0. The number of ether oxygens (including phenoxy) is 1. The SMILES string of the molecule is C1=Cc2ccc(-c3nc(-c4ccccc4)cc(-c4ccc(-c5cccnc5)nc4)n3)cc2C2(c3ccccc31)c1ccccc1Oc1ccccc12. The van der Waals surface area contributed by atoms with Crippen LogP contribution in [0.25, 0.3) is 57.3 Å². The molecule has 1 aliphatic carbocycles. The molecule has 3 aromatic heterocycles. The second kappa shape index (κ2) is 12.1. The van der Waals surface area contributed by atoms with Gasteiger partial charge in [-0.05, 0) is 70.8 Å². The molecule has 10 rings (SSSR count). The molecule has 5 nitrogen and oxygen atoms in total. The fraction of sp³-hybridized carbons (Fsp3) is 0.0213. The van der Waals surface area contributed by atoms with Crippen molar-refractivity contribution in [3.8, 4) is 56.7 Å². The van der Waals surface area contributed by atoms with Gasteiger partial charge in [0.2, 0.25) is 0 Å². The van der Waals surface area contributed by atoms with Gasteiger partial charge in [-0.1, -0.05) is 115 Å². The van der Waals surface area contributed by atoms with Gasteiger partial charge in [0.1, 0.15) is 11.5 Å². The van der Waals surface area contributed by atoms with E-state index >= 15 is 0 Å².